The Bertz CT molecular complexity index is 829. The zero-order valence-corrected chi connectivity index (χ0v) is 17.8. The summed E-state index contributed by atoms with van der Waals surface area (Å²) in [5.41, 5.74) is 4.28. The average Bonchev–Trinajstić information content (AvgIpc) is 3.14. The largest absolute Gasteiger partial charge is 0.466 e. The lowest BCUT2D eigenvalue weighted by Gasteiger charge is -2.34. The molecule has 28 heavy (non-hydrogen) atoms. The van der Waals surface area contributed by atoms with Crippen LogP contribution in [0.2, 0.25) is 0 Å². The van der Waals surface area contributed by atoms with E-state index in [4.69, 9.17) is 9.47 Å². The normalized spacial score (nSPS) is 19.4. The van der Waals surface area contributed by atoms with Crippen LogP contribution < -0.4 is 0 Å². The molecule has 1 aromatic heterocycles. The summed E-state index contributed by atoms with van der Waals surface area (Å²) in [6, 6.07) is 8.44. The van der Waals surface area contributed by atoms with Crippen molar-refractivity contribution in [2.75, 3.05) is 33.4 Å². The van der Waals surface area contributed by atoms with Gasteiger partial charge in [0.1, 0.15) is 6.10 Å². The number of aryl methyl sites for hydroxylation is 1. The van der Waals surface area contributed by atoms with Crippen LogP contribution in [0.1, 0.15) is 47.7 Å². The lowest BCUT2D eigenvalue weighted by molar-refractivity contribution is -0.134. The van der Waals surface area contributed by atoms with Crippen LogP contribution in [0.3, 0.4) is 0 Å². The van der Waals surface area contributed by atoms with Crippen molar-refractivity contribution in [1.82, 2.24) is 9.88 Å². The number of allylic oxidation sites excluding steroid dienone is 1. The van der Waals surface area contributed by atoms with E-state index in [-0.39, 0.29) is 12.1 Å². The molecular formula is C22H28N2O3S. The summed E-state index contributed by atoms with van der Waals surface area (Å²) in [5.74, 6) is 0.0852. The molecule has 0 bridgehead atoms. The zero-order valence-electron chi connectivity index (χ0n) is 17.0. The van der Waals surface area contributed by atoms with Crippen LogP contribution in [-0.2, 0) is 14.3 Å². The van der Waals surface area contributed by atoms with E-state index in [0.717, 1.165) is 48.1 Å². The molecule has 0 aliphatic carbocycles. The predicted octanol–water partition coefficient (Wildman–Crippen LogP) is 4.20. The van der Waals surface area contributed by atoms with Gasteiger partial charge in [0.2, 0.25) is 0 Å². The van der Waals surface area contributed by atoms with Crippen LogP contribution in [0.4, 0.5) is 0 Å². The standard InChI is InChI=1S/C22H28N2O3S/c1-15(11-22(25)26-4)18-5-7-19(8-6-18)16(2)12-24-9-10-27-21(13-24)20-14-28-17(3)23-20/h5-8,11,14,16,21H,9-10,12-13H2,1-4H3. The van der Waals surface area contributed by atoms with E-state index >= 15 is 0 Å². The van der Waals surface area contributed by atoms with Gasteiger partial charge < -0.3 is 9.47 Å². The van der Waals surface area contributed by atoms with Crippen molar-refractivity contribution in [2.24, 2.45) is 0 Å². The quantitative estimate of drug-likeness (QED) is 0.537. The summed E-state index contributed by atoms with van der Waals surface area (Å²) in [4.78, 5) is 18.5. The van der Waals surface area contributed by atoms with Crippen molar-refractivity contribution in [3.8, 4) is 0 Å². The van der Waals surface area contributed by atoms with Crippen molar-refractivity contribution < 1.29 is 14.3 Å². The molecule has 5 nitrogen and oxygen atoms in total. The molecule has 2 atom stereocenters. The van der Waals surface area contributed by atoms with E-state index in [2.05, 4.69) is 46.5 Å². The van der Waals surface area contributed by atoms with Gasteiger partial charge in [-0.25, -0.2) is 9.78 Å². The maximum Gasteiger partial charge on any atom is 0.330 e. The van der Waals surface area contributed by atoms with Crippen molar-refractivity contribution in [3.05, 3.63) is 57.6 Å². The molecule has 2 heterocycles. The highest BCUT2D eigenvalue weighted by Crippen LogP contribution is 2.26. The molecule has 2 unspecified atom stereocenters. The first-order chi connectivity index (χ1) is 13.5. The molecule has 0 N–H and O–H groups in total. The number of nitrogens with zero attached hydrogens (tertiary/aromatic N) is 2. The summed E-state index contributed by atoms with van der Waals surface area (Å²) in [6.45, 7) is 9.76. The van der Waals surface area contributed by atoms with Crippen molar-refractivity contribution >= 4 is 22.9 Å². The molecule has 0 spiro atoms. The molecule has 150 valence electrons. The number of methoxy groups -OCH3 is 1. The monoisotopic (exact) mass is 400 g/mol. The number of ether oxygens (including phenoxy) is 2. The maximum atomic E-state index is 11.4. The number of esters is 1. The Balaban J connectivity index is 1.60. The van der Waals surface area contributed by atoms with Gasteiger partial charge in [-0.05, 0) is 36.5 Å². The summed E-state index contributed by atoms with van der Waals surface area (Å²) in [5, 5.41) is 3.19. The van der Waals surface area contributed by atoms with Crippen LogP contribution in [-0.4, -0.2) is 49.2 Å². The molecule has 2 aromatic rings. The number of aromatic nitrogens is 1. The van der Waals surface area contributed by atoms with Crippen molar-refractivity contribution in [3.63, 3.8) is 0 Å². The number of carbonyl (C=O) groups is 1. The Morgan fingerprint density at radius 2 is 2.18 bits per heavy atom. The average molecular weight is 401 g/mol. The Labute approximate surface area is 171 Å². The van der Waals surface area contributed by atoms with Gasteiger partial charge in [-0.2, -0.15) is 0 Å². The second-order valence-corrected chi connectivity index (χ2v) is 8.35. The molecule has 1 aliphatic heterocycles. The van der Waals surface area contributed by atoms with Gasteiger partial charge in [-0.1, -0.05) is 31.2 Å². The van der Waals surface area contributed by atoms with Gasteiger partial charge in [-0.15, -0.1) is 11.3 Å². The van der Waals surface area contributed by atoms with Gasteiger partial charge in [0.05, 0.1) is 24.4 Å². The maximum absolute atomic E-state index is 11.4. The minimum absolute atomic E-state index is 0.0689. The van der Waals surface area contributed by atoms with E-state index in [0.29, 0.717) is 5.92 Å². The van der Waals surface area contributed by atoms with Crippen LogP contribution in [0.5, 0.6) is 0 Å². The third-order valence-corrected chi connectivity index (χ3v) is 5.91. The third-order valence-electron chi connectivity index (χ3n) is 5.12. The Morgan fingerprint density at radius 3 is 2.82 bits per heavy atom. The lowest BCUT2D eigenvalue weighted by Crippen LogP contribution is -2.40. The van der Waals surface area contributed by atoms with Crippen LogP contribution in [0, 0.1) is 6.92 Å². The zero-order chi connectivity index (χ0) is 20.1. The Hall–Kier alpha value is -2.02. The number of rotatable bonds is 6. The molecule has 0 amide bonds. The fraction of sp³-hybridized carbons (Fsp3) is 0.455. The number of thiazole rings is 1. The number of hydrogen-bond acceptors (Lipinski definition) is 6. The first kappa shape index (κ1) is 20.7. The third kappa shape index (κ3) is 5.28. The number of benzene rings is 1. The first-order valence-corrected chi connectivity index (χ1v) is 10.5. The minimum Gasteiger partial charge on any atom is -0.466 e. The van der Waals surface area contributed by atoms with Crippen LogP contribution in [0.15, 0.2) is 35.7 Å². The molecule has 0 saturated carbocycles. The second kappa shape index (κ2) is 9.45. The summed E-state index contributed by atoms with van der Waals surface area (Å²) in [6.07, 6.45) is 1.59. The molecule has 1 aromatic carbocycles. The van der Waals surface area contributed by atoms with Gasteiger partial charge in [0, 0.05) is 31.1 Å². The highest BCUT2D eigenvalue weighted by molar-refractivity contribution is 7.09. The molecule has 0 radical (unpaired) electrons. The molecule has 1 fully saturated rings. The lowest BCUT2D eigenvalue weighted by atomic mass is 9.97. The molecular weight excluding hydrogens is 372 g/mol. The van der Waals surface area contributed by atoms with Gasteiger partial charge in [0.25, 0.3) is 0 Å². The summed E-state index contributed by atoms with van der Waals surface area (Å²) < 4.78 is 10.6. The minimum atomic E-state index is -0.327. The van der Waals surface area contributed by atoms with Crippen molar-refractivity contribution in [1.29, 1.82) is 0 Å². The molecule has 1 aliphatic rings. The second-order valence-electron chi connectivity index (χ2n) is 7.28. The van der Waals surface area contributed by atoms with E-state index < -0.39 is 0 Å². The smallest absolute Gasteiger partial charge is 0.330 e. The molecule has 3 rings (SSSR count). The van der Waals surface area contributed by atoms with Crippen LogP contribution in [0.25, 0.3) is 5.57 Å². The highest BCUT2D eigenvalue weighted by atomic mass is 32.1. The van der Waals surface area contributed by atoms with E-state index in [1.807, 2.05) is 13.8 Å². The first-order valence-electron chi connectivity index (χ1n) is 9.59. The fourth-order valence-electron chi connectivity index (χ4n) is 3.46. The topological polar surface area (TPSA) is 51.7 Å². The predicted molar refractivity (Wildman–Crippen MR) is 113 cm³/mol. The van der Waals surface area contributed by atoms with E-state index in [1.54, 1.807) is 11.3 Å². The molecule has 1 saturated heterocycles. The highest BCUT2D eigenvalue weighted by Gasteiger charge is 2.25. The van der Waals surface area contributed by atoms with Crippen molar-refractivity contribution in [2.45, 2.75) is 32.8 Å². The number of carbonyl (C=O) groups excluding carboxylic acids is 1. The summed E-state index contributed by atoms with van der Waals surface area (Å²) in [7, 11) is 1.39. The number of morpholine rings is 1. The SMILES string of the molecule is COC(=O)C=C(C)c1ccc(C(C)CN2CCOC(c3csc(C)n3)C2)cc1. The van der Waals surface area contributed by atoms with E-state index in [9.17, 15) is 4.79 Å². The van der Waals surface area contributed by atoms with Crippen LogP contribution >= 0.6 is 11.3 Å². The van der Waals surface area contributed by atoms with Gasteiger partial charge in [0.15, 0.2) is 0 Å². The van der Waals surface area contributed by atoms with Gasteiger partial charge in [-0.3, -0.25) is 4.90 Å². The Morgan fingerprint density at radius 1 is 1.43 bits per heavy atom. The Kier molecular flexibility index (Phi) is 6.99. The molecule has 6 heteroatoms. The fourth-order valence-corrected chi connectivity index (χ4v) is 4.12. The summed E-state index contributed by atoms with van der Waals surface area (Å²) >= 11 is 1.68. The van der Waals surface area contributed by atoms with E-state index in [1.165, 1.54) is 18.7 Å². The number of hydrogen-bond donors (Lipinski definition) is 0. The van der Waals surface area contributed by atoms with Gasteiger partial charge >= 0.3 is 5.97 Å².